The van der Waals surface area contributed by atoms with Gasteiger partial charge < -0.3 is 0 Å². The van der Waals surface area contributed by atoms with E-state index in [0.717, 1.165) is 30.0 Å². The number of hydrogen-bond acceptors (Lipinski definition) is 0. The molecule has 0 aliphatic heterocycles. The van der Waals surface area contributed by atoms with Gasteiger partial charge in [0.15, 0.2) is 0 Å². The summed E-state index contributed by atoms with van der Waals surface area (Å²) in [4.78, 5) is 0. The fourth-order valence-corrected chi connectivity index (χ4v) is 2.47. The number of hydrogen-bond donors (Lipinski definition) is 0. The fourth-order valence-electron chi connectivity index (χ4n) is 2.47. The molecule has 0 unspecified atom stereocenters. The molecule has 107 valence electrons. The van der Waals surface area contributed by atoms with Crippen LogP contribution in [0.3, 0.4) is 0 Å². The predicted octanol–water partition coefficient (Wildman–Crippen LogP) is 5.80. The molecule has 0 atom stereocenters. The van der Waals surface area contributed by atoms with E-state index in [4.69, 9.17) is 0 Å². The van der Waals surface area contributed by atoms with Crippen molar-refractivity contribution in [3.05, 3.63) is 55.0 Å². The van der Waals surface area contributed by atoms with Gasteiger partial charge in [-0.05, 0) is 22.8 Å². The standard InChI is InChI=1S/C18H21F2/c1-2-3-4-7-12-18(19,20)14-15-10-11-16-8-5-6-9-17(16)13-15/h5-6,8-11,13H,1-4,7,12,14H2. The lowest BCUT2D eigenvalue weighted by molar-refractivity contribution is -0.00943. The molecule has 2 heteroatoms. The molecule has 0 saturated carbocycles. The average molecular weight is 275 g/mol. The number of halogens is 2. The molecule has 0 bridgehead atoms. The number of rotatable bonds is 7. The van der Waals surface area contributed by atoms with Crippen LogP contribution in [-0.2, 0) is 6.42 Å². The first kappa shape index (κ1) is 15.0. The Balaban J connectivity index is 1.99. The van der Waals surface area contributed by atoms with Gasteiger partial charge in [-0.2, -0.15) is 0 Å². The van der Waals surface area contributed by atoms with Crippen LogP contribution in [0, 0.1) is 6.92 Å². The number of fused-ring (bicyclic) bond motifs is 1. The lowest BCUT2D eigenvalue weighted by Crippen LogP contribution is -2.19. The third kappa shape index (κ3) is 4.29. The van der Waals surface area contributed by atoms with Gasteiger partial charge in [-0.3, -0.25) is 0 Å². The van der Waals surface area contributed by atoms with Gasteiger partial charge in [0.1, 0.15) is 0 Å². The van der Waals surface area contributed by atoms with Crippen molar-refractivity contribution < 1.29 is 8.78 Å². The Kier molecular flexibility index (Phi) is 5.11. The third-order valence-corrected chi connectivity index (χ3v) is 3.57. The first-order chi connectivity index (χ1) is 9.61. The van der Waals surface area contributed by atoms with Crippen molar-refractivity contribution in [2.75, 3.05) is 0 Å². The summed E-state index contributed by atoms with van der Waals surface area (Å²) >= 11 is 0. The first-order valence-electron chi connectivity index (χ1n) is 7.25. The summed E-state index contributed by atoms with van der Waals surface area (Å²) in [6.07, 6.45) is 3.00. The molecule has 0 aliphatic rings. The smallest absolute Gasteiger partial charge is 0.207 e. The van der Waals surface area contributed by atoms with E-state index in [1.54, 1.807) is 0 Å². The van der Waals surface area contributed by atoms with Crippen LogP contribution in [0.1, 0.15) is 37.7 Å². The highest BCUT2D eigenvalue weighted by atomic mass is 19.3. The molecule has 0 aromatic heterocycles. The molecule has 0 N–H and O–H groups in total. The Morgan fingerprint density at radius 2 is 1.65 bits per heavy atom. The van der Waals surface area contributed by atoms with Crippen LogP contribution in [0.4, 0.5) is 8.78 Å². The van der Waals surface area contributed by atoms with Crippen molar-refractivity contribution in [2.45, 2.75) is 44.4 Å². The summed E-state index contributed by atoms with van der Waals surface area (Å²) in [7, 11) is 0. The molecule has 0 saturated heterocycles. The van der Waals surface area contributed by atoms with Crippen LogP contribution in [0.5, 0.6) is 0 Å². The van der Waals surface area contributed by atoms with Gasteiger partial charge in [0.2, 0.25) is 0 Å². The summed E-state index contributed by atoms with van der Waals surface area (Å²) in [5, 5.41) is 2.12. The zero-order chi connectivity index (χ0) is 14.4. The zero-order valence-electron chi connectivity index (χ0n) is 11.7. The largest absolute Gasteiger partial charge is 0.252 e. The Hall–Kier alpha value is -1.44. The van der Waals surface area contributed by atoms with Gasteiger partial charge in [-0.1, -0.05) is 68.7 Å². The van der Waals surface area contributed by atoms with E-state index in [2.05, 4.69) is 6.92 Å². The van der Waals surface area contributed by atoms with Gasteiger partial charge in [-0.25, -0.2) is 8.78 Å². The van der Waals surface area contributed by atoms with Crippen molar-refractivity contribution in [3.63, 3.8) is 0 Å². The Morgan fingerprint density at radius 3 is 2.40 bits per heavy atom. The summed E-state index contributed by atoms with van der Waals surface area (Å²) in [6, 6.07) is 13.5. The van der Waals surface area contributed by atoms with E-state index in [0.29, 0.717) is 12.0 Å². The van der Waals surface area contributed by atoms with Crippen molar-refractivity contribution in [3.8, 4) is 0 Å². The molecule has 20 heavy (non-hydrogen) atoms. The van der Waals surface area contributed by atoms with Crippen LogP contribution in [0.2, 0.25) is 0 Å². The molecule has 2 aromatic carbocycles. The molecule has 2 aromatic rings. The van der Waals surface area contributed by atoms with Crippen molar-refractivity contribution in [1.29, 1.82) is 0 Å². The maximum atomic E-state index is 13.9. The topological polar surface area (TPSA) is 0 Å². The second-order valence-electron chi connectivity index (χ2n) is 5.38. The minimum absolute atomic E-state index is 0.0279. The number of alkyl halides is 2. The Bertz CT molecular complexity index is 546. The van der Waals surface area contributed by atoms with Crippen molar-refractivity contribution >= 4 is 10.8 Å². The van der Waals surface area contributed by atoms with Gasteiger partial charge in [0, 0.05) is 12.8 Å². The van der Waals surface area contributed by atoms with Gasteiger partial charge in [0.25, 0.3) is 5.92 Å². The average Bonchev–Trinajstić information content (AvgIpc) is 2.43. The zero-order valence-corrected chi connectivity index (χ0v) is 11.7. The van der Waals surface area contributed by atoms with Gasteiger partial charge in [0.05, 0.1) is 0 Å². The van der Waals surface area contributed by atoms with Gasteiger partial charge in [-0.15, -0.1) is 0 Å². The van der Waals surface area contributed by atoms with Crippen LogP contribution in [-0.4, -0.2) is 5.92 Å². The highest BCUT2D eigenvalue weighted by Crippen LogP contribution is 2.28. The molecule has 0 nitrogen and oxygen atoms in total. The van der Waals surface area contributed by atoms with Crippen molar-refractivity contribution in [2.24, 2.45) is 0 Å². The normalized spacial score (nSPS) is 11.9. The van der Waals surface area contributed by atoms with Crippen LogP contribution in [0.15, 0.2) is 42.5 Å². The van der Waals surface area contributed by atoms with E-state index >= 15 is 0 Å². The quantitative estimate of drug-likeness (QED) is 0.560. The van der Waals surface area contributed by atoms with Crippen LogP contribution >= 0.6 is 0 Å². The van der Waals surface area contributed by atoms with Crippen LogP contribution in [0.25, 0.3) is 10.8 Å². The summed E-state index contributed by atoms with van der Waals surface area (Å²) < 4.78 is 27.8. The van der Waals surface area contributed by atoms with Gasteiger partial charge >= 0.3 is 0 Å². The first-order valence-corrected chi connectivity index (χ1v) is 7.25. The molecule has 0 heterocycles. The number of unbranched alkanes of at least 4 members (excludes halogenated alkanes) is 3. The highest BCUT2D eigenvalue weighted by Gasteiger charge is 2.28. The van der Waals surface area contributed by atoms with E-state index in [9.17, 15) is 8.78 Å². The second-order valence-corrected chi connectivity index (χ2v) is 5.38. The third-order valence-electron chi connectivity index (χ3n) is 3.57. The summed E-state index contributed by atoms with van der Waals surface area (Å²) in [6.45, 7) is 3.73. The number of benzene rings is 2. The molecule has 0 amide bonds. The molecular weight excluding hydrogens is 254 g/mol. The van der Waals surface area contributed by atoms with E-state index < -0.39 is 5.92 Å². The minimum atomic E-state index is -2.61. The molecule has 0 fully saturated rings. The fraction of sp³-hybridized carbons (Fsp3) is 0.389. The maximum Gasteiger partial charge on any atom is 0.252 e. The Morgan fingerprint density at radius 1 is 0.900 bits per heavy atom. The monoisotopic (exact) mass is 275 g/mol. The molecule has 0 spiro atoms. The highest BCUT2D eigenvalue weighted by molar-refractivity contribution is 5.82. The summed E-state index contributed by atoms with van der Waals surface area (Å²) in [5.74, 6) is -2.61. The lowest BCUT2D eigenvalue weighted by Gasteiger charge is -2.16. The predicted molar refractivity (Wildman–Crippen MR) is 81.0 cm³/mol. The Labute approximate surface area is 119 Å². The summed E-state index contributed by atoms with van der Waals surface area (Å²) in [5.41, 5.74) is 0.714. The maximum absolute atomic E-state index is 13.9. The van der Waals surface area contributed by atoms with E-state index in [1.807, 2.05) is 42.5 Å². The minimum Gasteiger partial charge on any atom is -0.207 e. The van der Waals surface area contributed by atoms with Crippen molar-refractivity contribution in [1.82, 2.24) is 0 Å². The molecular formula is C18H21F2. The van der Waals surface area contributed by atoms with Crippen LogP contribution < -0.4 is 0 Å². The van der Waals surface area contributed by atoms with E-state index in [1.165, 1.54) is 0 Å². The molecule has 1 radical (unpaired) electrons. The lowest BCUT2D eigenvalue weighted by atomic mass is 9.99. The molecule has 2 rings (SSSR count). The van der Waals surface area contributed by atoms with E-state index in [-0.39, 0.29) is 12.8 Å². The second kappa shape index (κ2) is 6.83. The SMILES string of the molecule is [CH2]CCCCCC(F)(F)Cc1ccc2ccccc2c1. The molecule has 0 aliphatic carbocycles.